The molecule has 0 bridgehead atoms. The Balaban J connectivity index is 0.00000529. The molecule has 0 aliphatic heterocycles. The van der Waals surface area contributed by atoms with E-state index in [2.05, 4.69) is 63.6 Å². The van der Waals surface area contributed by atoms with Crippen molar-refractivity contribution in [2.45, 2.75) is 48.0 Å². The molecule has 1 atom stereocenters. The van der Waals surface area contributed by atoms with Crippen LogP contribution in [-0.4, -0.2) is 30.4 Å². The minimum absolute atomic E-state index is 0. The monoisotopic (exact) mass is 320 g/mol. The molecule has 0 saturated carbocycles. The predicted octanol–water partition coefficient (Wildman–Crippen LogP) is 3.84. The van der Waals surface area contributed by atoms with Gasteiger partial charge < -0.3 is 15.6 Å². The summed E-state index contributed by atoms with van der Waals surface area (Å²) in [7, 11) is 1.99. The largest absolute Gasteiger partial charge is 0.385 e. The Hall–Kier alpha value is -1.55. The summed E-state index contributed by atoms with van der Waals surface area (Å²) in [6.45, 7) is 14.7. The molecule has 0 saturated heterocycles. The predicted molar refractivity (Wildman–Crippen MR) is 104 cm³/mol. The first kappa shape index (κ1) is 19.5. The van der Waals surface area contributed by atoms with Gasteiger partial charge in [0, 0.05) is 36.6 Å². The van der Waals surface area contributed by atoms with Crippen molar-refractivity contribution in [3.05, 3.63) is 29.6 Å². The maximum atomic E-state index is 6.37. The van der Waals surface area contributed by atoms with Crippen LogP contribution in [0.15, 0.2) is 23.2 Å². The van der Waals surface area contributed by atoms with Gasteiger partial charge in [-0.3, -0.25) is 4.99 Å². The number of hydrogen-bond acceptors (Lipinski definition) is 3. The van der Waals surface area contributed by atoms with Crippen LogP contribution in [-0.2, 0) is 0 Å². The van der Waals surface area contributed by atoms with E-state index in [0.717, 1.165) is 42.4 Å². The van der Waals surface area contributed by atoms with Crippen molar-refractivity contribution >= 4 is 11.5 Å². The fraction of sp³-hybridized carbons (Fsp3) is 0.632. The summed E-state index contributed by atoms with van der Waals surface area (Å²) in [6.07, 6.45) is 3.16. The average molecular weight is 321 g/mol. The third-order valence-corrected chi connectivity index (χ3v) is 4.17. The van der Waals surface area contributed by atoms with E-state index < -0.39 is 0 Å². The SMILES string of the molecule is CCC(CN=C(/C=C(\N)n1c(C)ccc1C)C(C)(C)C)CNC.[HH]. The normalized spacial score (nSPS) is 15.1. The van der Waals surface area contributed by atoms with Gasteiger partial charge in [0.15, 0.2) is 0 Å². The molecule has 1 rings (SSSR count). The highest BCUT2D eigenvalue weighted by molar-refractivity contribution is 6.02. The molecule has 132 valence electrons. The molecule has 0 aliphatic rings. The van der Waals surface area contributed by atoms with Crippen molar-refractivity contribution in [1.82, 2.24) is 9.88 Å². The first-order valence-electron chi connectivity index (χ1n) is 8.52. The third kappa shape index (κ3) is 5.54. The minimum atomic E-state index is -0.0302. The number of nitrogens with zero attached hydrogens (tertiary/aromatic N) is 2. The van der Waals surface area contributed by atoms with Crippen LogP contribution in [0, 0.1) is 25.2 Å². The van der Waals surface area contributed by atoms with Gasteiger partial charge in [-0.25, -0.2) is 0 Å². The standard InChI is InChI=1S/C19H34N4.H2/c1-8-16(12-21-7)13-22-17(19(4,5)6)11-18(20)23-14(2)9-10-15(23)3;/h9-11,16,21H,8,12-13,20H2,1-7H3;1H/b18-11+,22-17?;. The van der Waals surface area contributed by atoms with Crippen molar-refractivity contribution < 1.29 is 1.43 Å². The Morgan fingerprint density at radius 3 is 2.35 bits per heavy atom. The number of allylic oxidation sites excluding steroid dienone is 1. The minimum Gasteiger partial charge on any atom is -0.385 e. The number of nitrogens with one attached hydrogen (secondary N) is 1. The number of aryl methyl sites for hydroxylation is 2. The van der Waals surface area contributed by atoms with Crippen LogP contribution in [0.3, 0.4) is 0 Å². The van der Waals surface area contributed by atoms with Crippen LogP contribution in [0.5, 0.6) is 0 Å². The Bertz CT molecular complexity index is 545. The summed E-state index contributed by atoms with van der Waals surface area (Å²) in [5.41, 5.74) is 9.68. The Kier molecular flexibility index (Phi) is 7.07. The van der Waals surface area contributed by atoms with Gasteiger partial charge >= 0.3 is 0 Å². The van der Waals surface area contributed by atoms with Gasteiger partial charge in [0.1, 0.15) is 5.82 Å². The number of rotatable bonds is 7. The van der Waals surface area contributed by atoms with Gasteiger partial charge in [-0.05, 0) is 45.5 Å². The summed E-state index contributed by atoms with van der Waals surface area (Å²) in [6, 6.07) is 4.17. The van der Waals surface area contributed by atoms with E-state index in [1.54, 1.807) is 0 Å². The van der Waals surface area contributed by atoms with Crippen LogP contribution in [0.2, 0.25) is 0 Å². The summed E-state index contributed by atoms with van der Waals surface area (Å²) in [5, 5.41) is 3.25. The average Bonchev–Trinajstić information content (AvgIpc) is 2.79. The van der Waals surface area contributed by atoms with E-state index in [1.165, 1.54) is 0 Å². The molecular weight excluding hydrogens is 284 g/mol. The lowest BCUT2D eigenvalue weighted by atomic mass is 9.89. The zero-order valence-corrected chi connectivity index (χ0v) is 15.9. The molecule has 3 N–H and O–H groups in total. The zero-order chi connectivity index (χ0) is 17.6. The van der Waals surface area contributed by atoms with Gasteiger partial charge in [0.05, 0.1) is 0 Å². The van der Waals surface area contributed by atoms with Crippen molar-refractivity contribution in [2.24, 2.45) is 22.1 Å². The molecule has 0 radical (unpaired) electrons. The third-order valence-electron chi connectivity index (χ3n) is 4.17. The summed E-state index contributed by atoms with van der Waals surface area (Å²) >= 11 is 0. The summed E-state index contributed by atoms with van der Waals surface area (Å²) in [5.74, 6) is 1.29. The van der Waals surface area contributed by atoms with Gasteiger partial charge in [-0.2, -0.15) is 0 Å². The Morgan fingerprint density at radius 2 is 1.91 bits per heavy atom. The topological polar surface area (TPSA) is 55.3 Å². The number of nitrogens with two attached hydrogens (primary N) is 1. The van der Waals surface area contributed by atoms with Crippen molar-refractivity contribution in [3.63, 3.8) is 0 Å². The second kappa shape index (κ2) is 8.34. The highest BCUT2D eigenvalue weighted by Gasteiger charge is 2.19. The molecule has 1 aromatic rings. The number of aromatic nitrogens is 1. The van der Waals surface area contributed by atoms with Gasteiger partial charge in [-0.1, -0.05) is 34.1 Å². The van der Waals surface area contributed by atoms with Gasteiger partial charge in [0.2, 0.25) is 0 Å². The van der Waals surface area contributed by atoms with Crippen LogP contribution in [0.25, 0.3) is 5.82 Å². The van der Waals surface area contributed by atoms with E-state index in [0.29, 0.717) is 5.92 Å². The van der Waals surface area contributed by atoms with Crippen molar-refractivity contribution in [1.29, 1.82) is 0 Å². The second-order valence-electron chi connectivity index (χ2n) is 7.33. The molecule has 1 heterocycles. The lowest BCUT2D eigenvalue weighted by Gasteiger charge is -2.22. The molecule has 0 aliphatic carbocycles. The maximum absolute atomic E-state index is 6.37. The first-order chi connectivity index (χ1) is 10.7. The highest BCUT2D eigenvalue weighted by Crippen LogP contribution is 2.20. The smallest absolute Gasteiger partial charge is 0.109 e. The summed E-state index contributed by atoms with van der Waals surface area (Å²) in [4.78, 5) is 4.90. The van der Waals surface area contributed by atoms with Gasteiger partial charge in [0.25, 0.3) is 0 Å². The fourth-order valence-corrected chi connectivity index (χ4v) is 2.63. The van der Waals surface area contributed by atoms with Crippen LogP contribution in [0.4, 0.5) is 0 Å². The number of hydrogen-bond donors (Lipinski definition) is 2. The van der Waals surface area contributed by atoms with Crippen molar-refractivity contribution in [2.75, 3.05) is 20.1 Å². The molecule has 0 spiro atoms. The number of aliphatic imine (C=N–C) groups is 1. The van der Waals surface area contributed by atoms with E-state index in [4.69, 9.17) is 10.7 Å². The molecule has 4 heteroatoms. The molecule has 4 nitrogen and oxygen atoms in total. The first-order valence-corrected chi connectivity index (χ1v) is 8.52. The molecule has 0 fully saturated rings. The van der Waals surface area contributed by atoms with Crippen molar-refractivity contribution in [3.8, 4) is 0 Å². The Labute approximate surface area is 143 Å². The zero-order valence-electron chi connectivity index (χ0n) is 15.9. The van der Waals surface area contributed by atoms with E-state index in [9.17, 15) is 0 Å². The quantitative estimate of drug-likeness (QED) is 0.750. The molecular formula is C19H36N4. The molecule has 23 heavy (non-hydrogen) atoms. The van der Waals surface area contributed by atoms with Gasteiger partial charge in [-0.15, -0.1) is 0 Å². The van der Waals surface area contributed by atoms with Crippen LogP contribution < -0.4 is 11.1 Å². The van der Waals surface area contributed by atoms with E-state index >= 15 is 0 Å². The van der Waals surface area contributed by atoms with Crippen LogP contribution in [0.1, 0.15) is 46.9 Å². The lowest BCUT2D eigenvalue weighted by molar-refractivity contribution is 0.490. The second-order valence-corrected chi connectivity index (χ2v) is 7.33. The van der Waals surface area contributed by atoms with E-state index in [-0.39, 0.29) is 6.84 Å². The molecule has 1 aromatic heterocycles. The molecule has 0 amide bonds. The van der Waals surface area contributed by atoms with E-state index in [1.807, 2.05) is 13.1 Å². The summed E-state index contributed by atoms with van der Waals surface area (Å²) < 4.78 is 2.08. The molecule has 0 aromatic carbocycles. The maximum Gasteiger partial charge on any atom is 0.109 e. The fourth-order valence-electron chi connectivity index (χ4n) is 2.63. The highest BCUT2D eigenvalue weighted by atomic mass is 15.1. The Morgan fingerprint density at radius 1 is 1.35 bits per heavy atom. The van der Waals surface area contributed by atoms with Crippen LogP contribution >= 0.6 is 0 Å². The molecule has 1 unspecified atom stereocenters. The lowest BCUT2D eigenvalue weighted by Crippen LogP contribution is -2.25.